The van der Waals surface area contributed by atoms with Crippen molar-refractivity contribution >= 4 is 150 Å². The Morgan fingerprint density at radius 2 is 1.09 bits per heavy atom. The van der Waals surface area contributed by atoms with Crippen molar-refractivity contribution in [3.63, 3.8) is 0 Å². The van der Waals surface area contributed by atoms with Gasteiger partial charge in [-0.05, 0) is 138 Å². The maximum atomic E-state index is 12.8. The zero-order valence-electron chi connectivity index (χ0n) is 52.6. The number of primary amides is 4. The second-order valence-electron chi connectivity index (χ2n) is 23.6. The Kier molecular flexibility index (Phi) is 23.8. The summed E-state index contributed by atoms with van der Waals surface area (Å²) in [5.74, 6) is -1.89. The quantitative estimate of drug-likeness (QED) is 0.0495. The van der Waals surface area contributed by atoms with E-state index in [0.717, 1.165) is 79.8 Å². The van der Waals surface area contributed by atoms with Crippen molar-refractivity contribution in [2.75, 3.05) is 19.6 Å². The number of halogens is 5. The van der Waals surface area contributed by atoms with Crippen LogP contribution in [0.25, 0.3) is 20.9 Å². The number of fused-ring (bicyclic) bond motifs is 4. The van der Waals surface area contributed by atoms with Gasteiger partial charge in [0.15, 0.2) is 11.4 Å². The number of hydrogen-bond acceptors (Lipinski definition) is 14. The number of amides is 6. The van der Waals surface area contributed by atoms with Gasteiger partial charge >= 0.3 is 7.12 Å². The minimum Gasteiger partial charge on any atom is -0.399 e. The molecule has 26 nitrogen and oxygen atoms in total. The van der Waals surface area contributed by atoms with Crippen LogP contribution in [0.3, 0.4) is 0 Å². The van der Waals surface area contributed by atoms with E-state index in [4.69, 9.17) is 68.6 Å². The highest BCUT2D eigenvalue weighted by atomic mass is 127. The number of carbonyl (C=O) groups excluding carboxylic acids is 6. The number of aromatic nitrogens is 9. The van der Waals surface area contributed by atoms with E-state index >= 15 is 0 Å². The van der Waals surface area contributed by atoms with E-state index in [9.17, 15) is 28.8 Å². The first-order valence-electron chi connectivity index (χ1n) is 30.1. The first-order valence-corrected chi connectivity index (χ1v) is 34.1. The fourth-order valence-electron chi connectivity index (χ4n) is 11.1. The van der Waals surface area contributed by atoms with Crippen molar-refractivity contribution in [1.82, 2.24) is 59.0 Å². The topological polar surface area (TPSA) is 336 Å². The number of rotatable bonds is 10. The van der Waals surface area contributed by atoms with Crippen molar-refractivity contribution in [2.45, 2.75) is 117 Å². The highest BCUT2D eigenvalue weighted by Crippen LogP contribution is 2.37. The lowest BCUT2D eigenvalue weighted by Crippen LogP contribution is -2.41. The molecule has 0 saturated carbocycles. The molecule has 9 N–H and O–H groups in total. The molecule has 0 atom stereocenters. The number of hydrogen-bond donors (Lipinski definition) is 5. The largest absolute Gasteiger partial charge is 0.496 e. The average molecular weight is 1680 g/mol. The van der Waals surface area contributed by atoms with Crippen LogP contribution in [0, 0.1) is 24.1 Å². The monoisotopic (exact) mass is 1680 g/mol. The Labute approximate surface area is 604 Å². The molecule has 1 saturated heterocycles. The van der Waals surface area contributed by atoms with Crippen molar-refractivity contribution in [3.8, 4) is 11.3 Å². The molecule has 8 aromatic rings. The number of nitrogens with two attached hydrogens (primary N) is 4. The average Bonchev–Trinajstić information content (AvgIpc) is 1.63. The summed E-state index contributed by atoms with van der Waals surface area (Å²) in [5.41, 5.74) is 30.9. The van der Waals surface area contributed by atoms with Gasteiger partial charge in [-0.1, -0.05) is 71.7 Å². The second-order valence-corrected chi connectivity index (χ2v) is 27.7. The van der Waals surface area contributed by atoms with Crippen LogP contribution in [0.2, 0.25) is 10.0 Å². The van der Waals surface area contributed by atoms with Crippen LogP contribution in [-0.4, -0.2) is 127 Å². The van der Waals surface area contributed by atoms with Gasteiger partial charge in [0, 0.05) is 84.8 Å². The predicted octanol–water partition coefficient (Wildman–Crippen LogP) is 7.81. The van der Waals surface area contributed by atoms with Gasteiger partial charge in [0.25, 0.3) is 23.6 Å². The van der Waals surface area contributed by atoms with Crippen LogP contribution >= 0.6 is 91.0 Å². The molecular formula is C64H66BCl2I3N18O8. The van der Waals surface area contributed by atoms with Crippen LogP contribution in [-0.2, 0) is 84.0 Å². The van der Waals surface area contributed by atoms with Gasteiger partial charge in [-0.15, -0.1) is 0 Å². The summed E-state index contributed by atoms with van der Waals surface area (Å²) in [7, 11) is -0.392. The van der Waals surface area contributed by atoms with Crippen molar-refractivity contribution in [2.24, 2.45) is 22.9 Å². The van der Waals surface area contributed by atoms with Gasteiger partial charge < -0.3 is 51.9 Å². The molecule has 13 rings (SSSR count). The van der Waals surface area contributed by atoms with Crippen LogP contribution in [0.15, 0.2) is 91.6 Å². The molecule has 96 heavy (non-hydrogen) atoms. The summed E-state index contributed by atoms with van der Waals surface area (Å²) in [5, 5.41) is 17.2. The zero-order valence-corrected chi connectivity index (χ0v) is 60.6. The number of nitrogens with zero attached hydrogens (tertiary/aromatic N) is 13. The molecule has 11 heterocycles. The summed E-state index contributed by atoms with van der Waals surface area (Å²) in [6.45, 7) is 28.1. The lowest BCUT2D eigenvalue weighted by molar-refractivity contribution is -0.132. The summed E-state index contributed by atoms with van der Waals surface area (Å²) >= 11 is 18.1. The molecule has 0 unspecified atom stereocenters. The fraction of sp³-hybridized carbons (Fsp3) is 0.328. The molecule has 0 spiro atoms. The Morgan fingerprint density at radius 1 is 0.594 bits per heavy atom. The Hall–Kier alpha value is -7.84. The molecular weight excluding hydrogens is 1610 g/mol. The van der Waals surface area contributed by atoms with E-state index in [-0.39, 0.29) is 53.9 Å². The smallest absolute Gasteiger partial charge is 0.399 e. The third kappa shape index (κ3) is 17.1. The van der Waals surface area contributed by atoms with Crippen LogP contribution in [0.4, 0.5) is 11.4 Å². The third-order valence-corrected chi connectivity index (χ3v) is 19.4. The lowest BCUT2D eigenvalue weighted by Gasteiger charge is -2.32. The van der Waals surface area contributed by atoms with Crippen LogP contribution < -0.4 is 33.7 Å². The van der Waals surface area contributed by atoms with E-state index in [1.54, 1.807) is 87.7 Å². The number of benzene rings is 2. The maximum absolute atomic E-state index is 12.8. The fourth-order valence-corrected chi connectivity index (χ4v) is 14.0. The maximum Gasteiger partial charge on any atom is 0.496 e. The molecule has 5 aliphatic heterocycles. The minimum atomic E-state index is -0.616. The molecule has 6 amide bonds. The number of aryl methyl sites for hydroxylation is 1. The Bertz CT molecular complexity index is 4280. The molecule has 6 aromatic heterocycles. The highest BCUT2D eigenvalue weighted by Gasteiger charge is 2.52. The van der Waals surface area contributed by atoms with E-state index in [2.05, 4.69) is 85.5 Å². The summed E-state index contributed by atoms with van der Waals surface area (Å²) in [4.78, 5) is 89.7. The lowest BCUT2D eigenvalue weighted by atomic mass is 9.80. The number of carbonyl (C=O) groups is 6. The van der Waals surface area contributed by atoms with Gasteiger partial charge in [-0.3, -0.25) is 52.8 Å². The van der Waals surface area contributed by atoms with Crippen LogP contribution in [0.5, 0.6) is 0 Å². The first kappa shape index (κ1) is 72.4. The normalized spacial score (nSPS) is 15.3. The number of pyridine rings is 2. The standard InChI is InChI=1S/C21H17ClN6O2.C17H15IN4O2.C11H15BClNO2.C8H10IN3O.C7H9IN4O/c1-24-16-4-2-13(3-5-16)8-18(29)27-6-7-28-17(12-27)19(21(23)30)20(26-28)14-9-15(22)11-25-10-14;1-20-12-4-2-11(3-5-12)8-15(23)22-7-6-21-9-13(18)16(17(19)24)14(21)10-22;1-10(2)11(3,4)16-12(15-10)8-5-9(13)7-14-6-8;9-7-6(8(10)13)5-3-1-2-4-12(5)11-7;8-6-5(7(9)13)4-3-10-1-2-12(4)11-6/h2-5,9-11H,6-8,12H2,(H2,23,30);2-5,9H,6-8,10H2,(H2,19,24);5-7H,1-4H3;1-4H2,(H2,10,13);10H,1-3H2,(H2,9,13). The molecule has 1 fully saturated rings. The molecule has 2 aromatic carbocycles. The molecule has 0 aliphatic carbocycles. The van der Waals surface area contributed by atoms with Crippen molar-refractivity contribution in [1.29, 1.82) is 0 Å². The molecule has 32 heteroatoms. The van der Waals surface area contributed by atoms with E-state index < -0.39 is 24.8 Å². The first-order chi connectivity index (χ1) is 45.7. The summed E-state index contributed by atoms with van der Waals surface area (Å²) in [6, 6.07) is 17.5. The third-order valence-electron chi connectivity index (χ3n) is 16.7. The SMILES string of the molecule is CC1(C)OB(c2cncc(Cl)c2)OC1(C)C.NC(=O)c1c(I)nn2c1CCCC2.NC(=O)c1c(I)nn2c1CNCC2.[C-]#[N+]c1ccc(CC(=O)N2CCn3cc(I)c(C(N)=O)c3C2)cc1.[C-]#[N+]c1ccc(CC(=O)N2CCn3nc(-c4cncc(Cl)c4)c(C(N)=O)c3C2)cc1. The minimum absolute atomic E-state index is 0.00319. The molecule has 0 bridgehead atoms. The van der Waals surface area contributed by atoms with E-state index in [1.165, 1.54) is 6.20 Å². The molecule has 5 aliphatic rings. The van der Waals surface area contributed by atoms with Gasteiger partial charge in [-0.25, -0.2) is 9.69 Å². The van der Waals surface area contributed by atoms with Gasteiger partial charge in [0.1, 0.15) is 13.1 Å². The van der Waals surface area contributed by atoms with Crippen molar-refractivity contribution in [3.05, 3.63) is 192 Å². The van der Waals surface area contributed by atoms with Gasteiger partial charge in [-0.2, -0.15) is 15.3 Å². The second kappa shape index (κ2) is 31.6. The van der Waals surface area contributed by atoms with Crippen molar-refractivity contribution < 1.29 is 38.1 Å². The Balaban J connectivity index is 0.000000147. The van der Waals surface area contributed by atoms with E-state index in [0.29, 0.717) is 98.0 Å². The molecule has 498 valence electrons. The van der Waals surface area contributed by atoms with E-state index in [1.807, 2.05) is 76.5 Å². The summed E-state index contributed by atoms with van der Waals surface area (Å²) < 4.78 is 21.5. The van der Waals surface area contributed by atoms with Gasteiger partial charge in [0.2, 0.25) is 11.8 Å². The summed E-state index contributed by atoms with van der Waals surface area (Å²) in [6.07, 6.45) is 12.0. The highest BCUT2D eigenvalue weighted by molar-refractivity contribution is 14.1. The molecule has 0 radical (unpaired) electrons. The van der Waals surface area contributed by atoms with Gasteiger partial charge in [0.05, 0.1) is 118 Å². The zero-order chi connectivity index (χ0) is 69.3. The number of nitrogens with one attached hydrogen (secondary N) is 1. The van der Waals surface area contributed by atoms with Crippen LogP contribution in [0.1, 0.15) is 116 Å². The predicted molar refractivity (Wildman–Crippen MR) is 385 cm³/mol. The Morgan fingerprint density at radius 3 is 1.62 bits per heavy atom.